The van der Waals surface area contributed by atoms with E-state index < -0.39 is 0 Å². The van der Waals surface area contributed by atoms with Crippen LogP contribution in [0.4, 0.5) is 0 Å². The van der Waals surface area contributed by atoms with Gasteiger partial charge in [-0.1, -0.05) is 6.07 Å². The zero-order valence-electron chi connectivity index (χ0n) is 13.7. The van der Waals surface area contributed by atoms with Crippen molar-refractivity contribution in [2.24, 2.45) is 0 Å². The Kier molecular flexibility index (Phi) is 4.04. The maximum atomic E-state index is 4.85. The van der Waals surface area contributed by atoms with Crippen LogP contribution in [-0.4, -0.2) is 35.9 Å². The van der Waals surface area contributed by atoms with Crippen molar-refractivity contribution in [2.75, 3.05) is 6.54 Å². The van der Waals surface area contributed by atoms with Crippen molar-refractivity contribution in [3.05, 3.63) is 66.4 Å². The molecule has 6 heteroatoms. The highest BCUT2D eigenvalue weighted by molar-refractivity contribution is 5.23. The average Bonchev–Trinajstić information content (AvgIpc) is 3.25. The van der Waals surface area contributed by atoms with Gasteiger partial charge in [-0.25, -0.2) is 9.97 Å². The van der Waals surface area contributed by atoms with Crippen LogP contribution in [0.3, 0.4) is 0 Å². The highest BCUT2D eigenvalue weighted by Crippen LogP contribution is 2.31. The first-order valence-corrected chi connectivity index (χ1v) is 8.27. The Balaban J connectivity index is 1.59. The summed E-state index contributed by atoms with van der Waals surface area (Å²) >= 11 is 0. The number of hydrogen-bond acceptors (Lipinski definition) is 5. The highest BCUT2D eigenvalue weighted by atomic mass is 15.2. The van der Waals surface area contributed by atoms with Gasteiger partial charge in [-0.05, 0) is 38.4 Å². The molecule has 1 aliphatic heterocycles. The van der Waals surface area contributed by atoms with Crippen molar-refractivity contribution in [2.45, 2.75) is 32.4 Å². The second kappa shape index (κ2) is 6.49. The van der Waals surface area contributed by atoms with Gasteiger partial charge >= 0.3 is 0 Å². The van der Waals surface area contributed by atoms with E-state index in [1.807, 2.05) is 42.2 Å². The Labute approximate surface area is 141 Å². The third-order valence-electron chi connectivity index (χ3n) is 4.51. The van der Waals surface area contributed by atoms with E-state index in [-0.39, 0.29) is 0 Å². The van der Waals surface area contributed by atoms with Gasteiger partial charge in [0.1, 0.15) is 5.82 Å². The molecule has 0 radical (unpaired) electrons. The van der Waals surface area contributed by atoms with Gasteiger partial charge in [0.05, 0.1) is 29.8 Å². The molecule has 0 saturated carbocycles. The molecule has 6 nitrogen and oxygen atoms in total. The molecule has 1 fully saturated rings. The summed E-state index contributed by atoms with van der Waals surface area (Å²) in [6, 6.07) is 6.36. The van der Waals surface area contributed by atoms with Crippen LogP contribution >= 0.6 is 0 Å². The fourth-order valence-corrected chi connectivity index (χ4v) is 3.32. The highest BCUT2D eigenvalue weighted by Gasteiger charge is 2.28. The standard InChI is InChI=1S/C18H20N6/c1-14-20-8-10-24(14)18-12-19-11-16(22-18)17-6-4-9-23(17)13-15-5-2-3-7-21-15/h2-3,5,7-8,10-12,17H,4,6,9,13H2,1H3/t17-/m0/s1. The number of rotatable bonds is 4. The Bertz CT molecular complexity index is 813. The molecule has 122 valence electrons. The summed E-state index contributed by atoms with van der Waals surface area (Å²) in [6.07, 6.45) is 11.5. The minimum absolute atomic E-state index is 0.295. The first-order chi connectivity index (χ1) is 11.8. The summed E-state index contributed by atoms with van der Waals surface area (Å²) in [5, 5.41) is 0. The van der Waals surface area contributed by atoms with E-state index in [2.05, 4.69) is 25.9 Å². The van der Waals surface area contributed by atoms with E-state index >= 15 is 0 Å². The Morgan fingerprint density at radius 3 is 2.92 bits per heavy atom. The number of hydrogen-bond donors (Lipinski definition) is 0. The van der Waals surface area contributed by atoms with Crippen LogP contribution in [0.25, 0.3) is 5.82 Å². The van der Waals surface area contributed by atoms with Crippen LogP contribution in [0.5, 0.6) is 0 Å². The van der Waals surface area contributed by atoms with Gasteiger partial charge in [-0.15, -0.1) is 0 Å². The van der Waals surface area contributed by atoms with Crippen LogP contribution in [0, 0.1) is 6.92 Å². The number of aryl methyl sites for hydroxylation is 1. The molecule has 0 spiro atoms. The zero-order valence-corrected chi connectivity index (χ0v) is 13.7. The van der Waals surface area contributed by atoms with Crippen molar-refractivity contribution >= 4 is 0 Å². The summed E-state index contributed by atoms with van der Waals surface area (Å²) in [6.45, 7) is 3.88. The van der Waals surface area contributed by atoms with E-state index in [0.29, 0.717) is 6.04 Å². The van der Waals surface area contributed by atoms with Crippen LogP contribution < -0.4 is 0 Å². The van der Waals surface area contributed by atoms with E-state index in [0.717, 1.165) is 42.5 Å². The summed E-state index contributed by atoms with van der Waals surface area (Å²) in [4.78, 5) is 20.4. The van der Waals surface area contributed by atoms with E-state index in [4.69, 9.17) is 4.98 Å². The molecule has 1 atom stereocenters. The second-order valence-electron chi connectivity index (χ2n) is 6.10. The molecule has 0 unspecified atom stereocenters. The predicted molar refractivity (Wildman–Crippen MR) is 90.5 cm³/mol. The molecule has 3 aromatic heterocycles. The number of pyridine rings is 1. The predicted octanol–water partition coefficient (Wildman–Crippen LogP) is 2.70. The molecule has 0 aromatic carbocycles. The number of likely N-dealkylation sites (tertiary alicyclic amines) is 1. The molecule has 4 heterocycles. The summed E-state index contributed by atoms with van der Waals surface area (Å²) < 4.78 is 1.97. The number of imidazole rings is 1. The zero-order chi connectivity index (χ0) is 16.4. The van der Waals surface area contributed by atoms with Crippen molar-refractivity contribution in [1.82, 2.24) is 29.4 Å². The second-order valence-corrected chi connectivity index (χ2v) is 6.10. The SMILES string of the molecule is Cc1nccn1-c1cncc([C@@H]2CCCN2Cc2ccccn2)n1. The molecule has 4 rings (SSSR count). The molecule has 0 amide bonds. The van der Waals surface area contributed by atoms with Crippen LogP contribution in [-0.2, 0) is 6.54 Å². The van der Waals surface area contributed by atoms with Gasteiger partial charge in [-0.3, -0.25) is 19.4 Å². The lowest BCUT2D eigenvalue weighted by atomic mass is 10.1. The Morgan fingerprint density at radius 2 is 2.12 bits per heavy atom. The van der Waals surface area contributed by atoms with Crippen LogP contribution in [0.15, 0.2) is 49.2 Å². The Hall–Kier alpha value is -2.60. The fraction of sp³-hybridized carbons (Fsp3) is 0.333. The van der Waals surface area contributed by atoms with Crippen molar-refractivity contribution < 1.29 is 0 Å². The van der Waals surface area contributed by atoms with Crippen molar-refractivity contribution in [3.63, 3.8) is 0 Å². The largest absolute Gasteiger partial charge is 0.289 e. The maximum absolute atomic E-state index is 4.85. The van der Waals surface area contributed by atoms with E-state index in [1.54, 1.807) is 12.4 Å². The lowest BCUT2D eigenvalue weighted by Crippen LogP contribution is -2.24. The monoisotopic (exact) mass is 320 g/mol. The fourth-order valence-electron chi connectivity index (χ4n) is 3.32. The topological polar surface area (TPSA) is 59.7 Å². The normalized spacial score (nSPS) is 18.1. The van der Waals surface area contributed by atoms with Gasteiger partial charge in [0, 0.05) is 25.1 Å². The Morgan fingerprint density at radius 1 is 1.17 bits per heavy atom. The minimum atomic E-state index is 0.295. The van der Waals surface area contributed by atoms with Crippen molar-refractivity contribution in [3.8, 4) is 5.82 Å². The molecule has 1 aliphatic rings. The molecular formula is C18H20N6. The van der Waals surface area contributed by atoms with Crippen molar-refractivity contribution in [1.29, 1.82) is 0 Å². The van der Waals surface area contributed by atoms with Gasteiger partial charge in [-0.2, -0.15) is 0 Å². The lowest BCUT2D eigenvalue weighted by molar-refractivity contribution is 0.241. The maximum Gasteiger partial charge on any atom is 0.156 e. The van der Waals surface area contributed by atoms with Gasteiger partial charge in [0.25, 0.3) is 0 Å². The summed E-state index contributed by atoms with van der Waals surface area (Å²) in [7, 11) is 0. The van der Waals surface area contributed by atoms with Gasteiger partial charge in [0.15, 0.2) is 5.82 Å². The van der Waals surface area contributed by atoms with Crippen LogP contribution in [0.1, 0.15) is 36.1 Å². The lowest BCUT2D eigenvalue weighted by Gasteiger charge is -2.23. The van der Waals surface area contributed by atoms with E-state index in [9.17, 15) is 0 Å². The first kappa shape index (κ1) is 15.0. The molecule has 24 heavy (non-hydrogen) atoms. The quantitative estimate of drug-likeness (QED) is 0.740. The van der Waals surface area contributed by atoms with E-state index in [1.165, 1.54) is 6.42 Å². The third-order valence-corrected chi connectivity index (χ3v) is 4.51. The molecule has 0 bridgehead atoms. The summed E-state index contributed by atoms with van der Waals surface area (Å²) in [5.74, 6) is 1.74. The number of nitrogens with zero attached hydrogens (tertiary/aromatic N) is 6. The average molecular weight is 320 g/mol. The minimum Gasteiger partial charge on any atom is -0.289 e. The molecular weight excluding hydrogens is 300 g/mol. The van der Waals surface area contributed by atoms with Gasteiger partial charge in [0.2, 0.25) is 0 Å². The molecule has 1 saturated heterocycles. The third kappa shape index (κ3) is 2.92. The van der Waals surface area contributed by atoms with Crippen LogP contribution in [0.2, 0.25) is 0 Å². The van der Waals surface area contributed by atoms with Gasteiger partial charge < -0.3 is 0 Å². The molecule has 0 aliphatic carbocycles. The summed E-state index contributed by atoms with van der Waals surface area (Å²) in [5.41, 5.74) is 2.12. The first-order valence-electron chi connectivity index (χ1n) is 8.27. The molecule has 0 N–H and O–H groups in total. The number of aromatic nitrogens is 5. The smallest absolute Gasteiger partial charge is 0.156 e. The molecule has 3 aromatic rings.